The lowest BCUT2D eigenvalue weighted by atomic mass is 10.2. The van der Waals surface area contributed by atoms with Crippen LogP contribution in [0.3, 0.4) is 0 Å². The second-order valence-corrected chi connectivity index (χ2v) is 1.83. The Kier molecular flexibility index (Phi) is 4.77. The first-order valence-corrected chi connectivity index (χ1v) is 3.22. The molecule has 0 aliphatic heterocycles. The van der Waals surface area contributed by atoms with Gasteiger partial charge >= 0.3 is 0 Å². The van der Waals surface area contributed by atoms with Gasteiger partial charge in [-0.2, -0.15) is 0 Å². The summed E-state index contributed by atoms with van der Waals surface area (Å²) >= 11 is 0. The first-order chi connectivity index (χ1) is 5.26. The second kappa shape index (κ2) is 5.44. The molecule has 3 N–H and O–H groups in total. The van der Waals surface area contributed by atoms with E-state index in [4.69, 9.17) is 5.84 Å². The lowest BCUT2D eigenvalue weighted by Gasteiger charge is -1.96. The zero-order chi connectivity index (χ0) is 8.69. The van der Waals surface area contributed by atoms with Gasteiger partial charge in [0.25, 0.3) is 5.91 Å². The maximum atomic E-state index is 10.8. The summed E-state index contributed by atoms with van der Waals surface area (Å²) in [6.07, 6.45) is 6.64. The van der Waals surface area contributed by atoms with Gasteiger partial charge in [0.05, 0.1) is 0 Å². The number of rotatable bonds is 3. The minimum absolute atomic E-state index is 0.335. The number of hydrogen-bond acceptors (Lipinski definition) is 2. The molecule has 0 aliphatic carbocycles. The highest BCUT2D eigenvalue weighted by Gasteiger charge is 1.99. The van der Waals surface area contributed by atoms with Crippen molar-refractivity contribution >= 4 is 5.91 Å². The summed E-state index contributed by atoms with van der Waals surface area (Å²) in [6.45, 7) is 5.32. The number of nitrogens with one attached hydrogen (secondary N) is 1. The van der Waals surface area contributed by atoms with Crippen molar-refractivity contribution in [1.82, 2.24) is 5.43 Å². The molecule has 3 heteroatoms. The maximum absolute atomic E-state index is 10.8. The molecule has 0 spiro atoms. The predicted octanol–water partition coefficient (Wildman–Crippen LogP) is 0.665. The highest BCUT2D eigenvalue weighted by molar-refractivity contribution is 5.95. The third kappa shape index (κ3) is 3.37. The average molecular weight is 152 g/mol. The minimum Gasteiger partial charge on any atom is -0.290 e. The van der Waals surface area contributed by atoms with Gasteiger partial charge in [-0.3, -0.25) is 10.2 Å². The quantitative estimate of drug-likeness (QED) is 0.205. The number of hydrazine groups is 1. The Hall–Kier alpha value is -1.35. The molecule has 11 heavy (non-hydrogen) atoms. The van der Waals surface area contributed by atoms with E-state index >= 15 is 0 Å². The molecule has 0 fully saturated rings. The van der Waals surface area contributed by atoms with Crippen molar-refractivity contribution in [3.05, 3.63) is 36.5 Å². The van der Waals surface area contributed by atoms with Crippen molar-refractivity contribution in [2.75, 3.05) is 0 Å². The van der Waals surface area contributed by atoms with Crippen molar-refractivity contribution in [1.29, 1.82) is 0 Å². The number of allylic oxidation sites excluding steroid dienone is 3. The fourth-order valence-corrected chi connectivity index (χ4v) is 0.520. The maximum Gasteiger partial charge on any atom is 0.265 e. The van der Waals surface area contributed by atoms with Gasteiger partial charge < -0.3 is 0 Å². The predicted molar refractivity (Wildman–Crippen MR) is 45.4 cm³/mol. The Morgan fingerprint density at radius 1 is 1.64 bits per heavy atom. The van der Waals surface area contributed by atoms with Crippen molar-refractivity contribution in [3.63, 3.8) is 0 Å². The van der Waals surface area contributed by atoms with Gasteiger partial charge in [0.2, 0.25) is 0 Å². The smallest absolute Gasteiger partial charge is 0.265 e. The van der Waals surface area contributed by atoms with Gasteiger partial charge in [-0.05, 0) is 13.0 Å². The third-order valence-corrected chi connectivity index (χ3v) is 1.08. The summed E-state index contributed by atoms with van der Waals surface area (Å²) in [5.74, 6) is 4.57. The lowest BCUT2D eigenvalue weighted by molar-refractivity contribution is -0.117. The topological polar surface area (TPSA) is 55.1 Å². The second-order valence-electron chi connectivity index (χ2n) is 1.83. The van der Waals surface area contributed by atoms with E-state index in [0.29, 0.717) is 5.57 Å². The normalized spacial score (nSPS) is 11.6. The van der Waals surface area contributed by atoms with Crippen LogP contribution in [0.15, 0.2) is 36.5 Å². The molecule has 0 unspecified atom stereocenters. The Bertz CT molecular complexity index is 204. The molecule has 0 rings (SSSR count). The van der Waals surface area contributed by atoms with E-state index in [-0.39, 0.29) is 5.91 Å². The van der Waals surface area contributed by atoms with Crippen LogP contribution in [0.5, 0.6) is 0 Å². The summed E-state index contributed by atoms with van der Waals surface area (Å²) in [6, 6.07) is 0. The number of carbonyl (C=O) groups is 1. The molecule has 0 bridgehead atoms. The molecule has 0 radical (unpaired) electrons. The fraction of sp³-hybridized carbons (Fsp3) is 0.125. The molecule has 3 nitrogen and oxygen atoms in total. The lowest BCUT2D eigenvalue weighted by Crippen LogP contribution is -2.30. The summed E-state index contributed by atoms with van der Waals surface area (Å²) < 4.78 is 0. The van der Waals surface area contributed by atoms with Crippen LogP contribution >= 0.6 is 0 Å². The van der Waals surface area contributed by atoms with Crippen LogP contribution in [0.1, 0.15) is 6.92 Å². The summed E-state index contributed by atoms with van der Waals surface area (Å²) in [5, 5.41) is 0. The van der Waals surface area contributed by atoms with Crippen LogP contribution in [0.4, 0.5) is 0 Å². The van der Waals surface area contributed by atoms with E-state index in [9.17, 15) is 4.79 Å². The van der Waals surface area contributed by atoms with E-state index in [1.165, 1.54) is 6.08 Å². The zero-order valence-corrected chi connectivity index (χ0v) is 6.50. The molecule has 0 aromatic heterocycles. The highest BCUT2D eigenvalue weighted by atomic mass is 16.2. The number of hydrogen-bond donors (Lipinski definition) is 2. The van der Waals surface area contributed by atoms with E-state index in [2.05, 4.69) is 6.58 Å². The van der Waals surface area contributed by atoms with Gasteiger partial charge in [0, 0.05) is 5.57 Å². The molecular weight excluding hydrogens is 140 g/mol. The molecule has 0 heterocycles. The van der Waals surface area contributed by atoms with Crippen LogP contribution in [0.2, 0.25) is 0 Å². The standard InChI is InChI=1S/C8H12N2O/c1-3-5-6-7(4-2)8(11)10-9/h3-6H,2,9H2,1H3,(H,10,11)/b5-3-,7-6+. The average Bonchev–Trinajstić information content (AvgIpc) is 2.05. The summed E-state index contributed by atoms with van der Waals surface area (Å²) in [5.41, 5.74) is 2.46. The van der Waals surface area contributed by atoms with Gasteiger partial charge in [0.15, 0.2) is 0 Å². The molecule has 0 saturated carbocycles. The molecule has 0 atom stereocenters. The molecule has 1 amide bonds. The van der Waals surface area contributed by atoms with E-state index in [0.717, 1.165) is 0 Å². The van der Waals surface area contributed by atoms with Crippen molar-refractivity contribution < 1.29 is 4.79 Å². The largest absolute Gasteiger partial charge is 0.290 e. The SMILES string of the molecule is C=C/C(=C\C=C/C)C(=O)NN. The minimum atomic E-state index is -0.335. The van der Waals surface area contributed by atoms with Gasteiger partial charge in [-0.25, -0.2) is 5.84 Å². The third-order valence-electron chi connectivity index (χ3n) is 1.08. The van der Waals surface area contributed by atoms with E-state index < -0.39 is 0 Å². The Labute approximate surface area is 66.2 Å². The molecule has 0 aromatic carbocycles. The van der Waals surface area contributed by atoms with Crippen LogP contribution in [0.25, 0.3) is 0 Å². The Morgan fingerprint density at radius 2 is 2.27 bits per heavy atom. The van der Waals surface area contributed by atoms with Gasteiger partial charge in [-0.1, -0.05) is 24.8 Å². The Morgan fingerprint density at radius 3 is 2.64 bits per heavy atom. The molecule has 60 valence electrons. The van der Waals surface area contributed by atoms with Crippen LogP contribution in [-0.2, 0) is 4.79 Å². The number of nitrogens with two attached hydrogens (primary N) is 1. The van der Waals surface area contributed by atoms with Gasteiger partial charge in [-0.15, -0.1) is 0 Å². The van der Waals surface area contributed by atoms with Crippen molar-refractivity contribution in [3.8, 4) is 0 Å². The van der Waals surface area contributed by atoms with Crippen molar-refractivity contribution in [2.45, 2.75) is 6.92 Å². The zero-order valence-electron chi connectivity index (χ0n) is 6.50. The molecule has 0 saturated heterocycles. The van der Waals surface area contributed by atoms with Crippen LogP contribution in [-0.4, -0.2) is 5.91 Å². The van der Waals surface area contributed by atoms with Crippen molar-refractivity contribution in [2.24, 2.45) is 5.84 Å². The summed E-state index contributed by atoms with van der Waals surface area (Å²) in [7, 11) is 0. The summed E-state index contributed by atoms with van der Waals surface area (Å²) in [4.78, 5) is 10.8. The fourth-order valence-electron chi connectivity index (χ4n) is 0.520. The van der Waals surface area contributed by atoms with E-state index in [1.807, 2.05) is 18.4 Å². The van der Waals surface area contributed by atoms with Crippen LogP contribution < -0.4 is 11.3 Å². The Balaban J connectivity index is 4.38. The molecule has 0 aromatic rings. The number of carbonyl (C=O) groups excluding carboxylic acids is 1. The number of amides is 1. The van der Waals surface area contributed by atoms with Gasteiger partial charge in [0.1, 0.15) is 0 Å². The van der Waals surface area contributed by atoms with Crippen LogP contribution in [0, 0.1) is 0 Å². The monoisotopic (exact) mass is 152 g/mol. The van der Waals surface area contributed by atoms with E-state index in [1.54, 1.807) is 12.2 Å². The first kappa shape index (κ1) is 9.65. The molecular formula is C8H12N2O. The molecule has 0 aliphatic rings. The highest BCUT2D eigenvalue weighted by Crippen LogP contribution is 1.94. The first-order valence-electron chi connectivity index (χ1n) is 3.22.